The molecule has 0 saturated heterocycles. The molecular formula is C16H18N4. The van der Waals surface area contributed by atoms with E-state index in [1.54, 1.807) is 12.4 Å². The van der Waals surface area contributed by atoms with Crippen molar-refractivity contribution in [2.24, 2.45) is 0 Å². The van der Waals surface area contributed by atoms with Crippen LogP contribution in [0.3, 0.4) is 0 Å². The van der Waals surface area contributed by atoms with Crippen LogP contribution < -0.4 is 4.90 Å². The molecule has 2 aromatic rings. The van der Waals surface area contributed by atoms with Crippen molar-refractivity contribution in [3.63, 3.8) is 0 Å². The number of aromatic nitrogens is 2. The topological polar surface area (TPSA) is 52.8 Å². The predicted octanol–water partition coefficient (Wildman–Crippen LogP) is 2.99. The van der Waals surface area contributed by atoms with Gasteiger partial charge in [-0.15, -0.1) is 0 Å². The Morgan fingerprint density at radius 3 is 2.55 bits per heavy atom. The normalized spacial score (nSPS) is 10.1. The number of pyridine rings is 2. The number of hydrogen-bond donors (Lipinski definition) is 0. The fourth-order valence-electron chi connectivity index (χ4n) is 2.23. The van der Waals surface area contributed by atoms with Gasteiger partial charge in [-0.05, 0) is 50.1 Å². The number of nitrogens with zero attached hydrogens (tertiary/aromatic N) is 4. The zero-order valence-corrected chi connectivity index (χ0v) is 12.1. The van der Waals surface area contributed by atoms with Crippen LogP contribution in [0.5, 0.6) is 0 Å². The number of aryl methyl sites for hydroxylation is 2. The minimum Gasteiger partial charge on any atom is -0.351 e. The third-order valence-corrected chi connectivity index (χ3v) is 3.24. The van der Waals surface area contributed by atoms with Crippen molar-refractivity contribution in [1.29, 1.82) is 5.26 Å². The van der Waals surface area contributed by atoms with Crippen LogP contribution in [-0.2, 0) is 6.54 Å². The minimum absolute atomic E-state index is 0.659. The average Bonchev–Trinajstić information content (AvgIpc) is 2.45. The fourth-order valence-corrected chi connectivity index (χ4v) is 2.23. The van der Waals surface area contributed by atoms with E-state index in [0.29, 0.717) is 5.56 Å². The van der Waals surface area contributed by atoms with Crippen molar-refractivity contribution >= 4 is 5.82 Å². The molecule has 20 heavy (non-hydrogen) atoms. The molecule has 0 radical (unpaired) electrons. The highest BCUT2D eigenvalue weighted by atomic mass is 15.2. The molecular weight excluding hydrogens is 248 g/mol. The molecule has 0 aliphatic carbocycles. The number of rotatable bonds is 4. The Kier molecular flexibility index (Phi) is 4.31. The third-order valence-electron chi connectivity index (χ3n) is 3.24. The van der Waals surface area contributed by atoms with Gasteiger partial charge in [-0.25, -0.2) is 4.98 Å². The van der Waals surface area contributed by atoms with Crippen LogP contribution in [0.25, 0.3) is 0 Å². The molecule has 2 aromatic heterocycles. The van der Waals surface area contributed by atoms with Gasteiger partial charge in [-0.1, -0.05) is 0 Å². The Labute approximate surface area is 119 Å². The highest BCUT2D eigenvalue weighted by molar-refractivity contribution is 5.58. The summed E-state index contributed by atoms with van der Waals surface area (Å²) in [7, 11) is 0. The lowest BCUT2D eigenvalue weighted by atomic mass is 10.1. The van der Waals surface area contributed by atoms with E-state index in [0.717, 1.165) is 35.7 Å². The molecule has 4 heteroatoms. The molecule has 2 rings (SSSR count). The number of hydrogen-bond acceptors (Lipinski definition) is 4. The van der Waals surface area contributed by atoms with Crippen molar-refractivity contribution in [3.05, 3.63) is 53.0 Å². The molecule has 0 aliphatic heterocycles. The summed E-state index contributed by atoms with van der Waals surface area (Å²) in [5.74, 6) is 0.768. The first kappa shape index (κ1) is 14.0. The molecule has 0 saturated carbocycles. The molecule has 102 valence electrons. The van der Waals surface area contributed by atoms with Crippen LogP contribution in [0.4, 0.5) is 5.82 Å². The SMILES string of the molecule is CCN(Cc1ccncc1)c1nc(C)cc(C)c1C#N. The fraction of sp³-hybridized carbons (Fsp3) is 0.312. The van der Waals surface area contributed by atoms with E-state index in [-0.39, 0.29) is 0 Å². The molecule has 2 heterocycles. The summed E-state index contributed by atoms with van der Waals surface area (Å²) in [6, 6.07) is 8.19. The van der Waals surface area contributed by atoms with Gasteiger partial charge in [0.05, 0.1) is 5.56 Å². The maximum absolute atomic E-state index is 9.37. The van der Waals surface area contributed by atoms with Crippen LogP contribution >= 0.6 is 0 Å². The monoisotopic (exact) mass is 266 g/mol. The van der Waals surface area contributed by atoms with Gasteiger partial charge in [-0.2, -0.15) is 5.26 Å². The number of anilines is 1. The maximum Gasteiger partial charge on any atom is 0.147 e. The smallest absolute Gasteiger partial charge is 0.147 e. The second-order valence-electron chi connectivity index (χ2n) is 4.76. The highest BCUT2D eigenvalue weighted by Crippen LogP contribution is 2.23. The zero-order valence-electron chi connectivity index (χ0n) is 12.1. The highest BCUT2D eigenvalue weighted by Gasteiger charge is 2.14. The van der Waals surface area contributed by atoms with Crippen molar-refractivity contribution < 1.29 is 0 Å². The molecule has 0 aromatic carbocycles. The Hall–Kier alpha value is -2.41. The van der Waals surface area contributed by atoms with Gasteiger partial charge < -0.3 is 4.90 Å². The quantitative estimate of drug-likeness (QED) is 0.853. The van der Waals surface area contributed by atoms with Gasteiger partial charge in [-0.3, -0.25) is 4.98 Å². The van der Waals surface area contributed by atoms with Gasteiger partial charge in [0.2, 0.25) is 0 Å². The first-order valence-electron chi connectivity index (χ1n) is 6.68. The standard InChI is InChI=1S/C16H18N4/c1-4-20(11-14-5-7-18-8-6-14)16-15(10-17)12(2)9-13(3)19-16/h5-9H,4,11H2,1-3H3. The van der Waals surface area contributed by atoms with Crippen molar-refractivity contribution in [2.45, 2.75) is 27.3 Å². The lowest BCUT2D eigenvalue weighted by Crippen LogP contribution is -2.24. The first-order chi connectivity index (χ1) is 9.65. The summed E-state index contributed by atoms with van der Waals surface area (Å²) < 4.78 is 0. The van der Waals surface area contributed by atoms with E-state index in [1.807, 2.05) is 32.0 Å². The summed E-state index contributed by atoms with van der Waals surface area (Å²) in [6.45, 7) is 7.51. The Balaban J connectivity index is 2.40. The summed E-state index contributed by atoms with van der Waals surface area (Å²) in [5, 5.41) is 9.37. The second kappa shape index (κ2) is 6.16. The summed E-state index contributed by atoms with van der Waals surface area (Å²) >= 11 is 0. The van der Waals surface area contributed by atoms with E-state index in [4.69, 9.17) is 0 Å². The van der Waals surface area contributed by atoms with Crippen LogP contribution in [0.1, 0.15) is 29.3 Å². The summed E-state index contributed by atoms with van der Waals surface area (Å²) in [6.07, 6.45) is 3.56. The second-order valence-corrected chi connectivity index (χ2v) is 4.76. The molecule has 4 nitrogen and oxygen atoms in total. The third kappa shape index (κ3) is 2.94. The van der Waals surface area contributed by atoms with Gasteiger partial charge in [0.25, 0.3) is 0 Å². The lowest BCUT2D eigenvalue weighted by Gasteiger charge is -2.24. The lowest BCUT2D eigenvalue weighted by molar-refractivity contribution is 0.806. The molecule has 0 N–H and O–H groups in total. The van der Waals surface area contributed by atoms with E-state index in [1.165, 1.54) is 0 Å². The van der Waals surface area contributed by atoms with Crippen molar-refractivity contribution in [2.75, 3.05) is 11.4 Å². The van der Waals surface area contributed by atoms with Crippen molar-refractivity contribution in [1.82, 2.24) is 9.97 Å². The van der Waals surface area contributed by atoms with E-state index in [9.17, 15) is 5.26 Å². The summed E-state index contributed by atoms with van der Waals surface area (Å²) in [4.78, 5) is 10.7. The largest absolute Gasteiger partial charge is 0.351 e. The minimum atomic E-state index is 0.659. The Morgan fingerprint density at radius 1 is 1.25 bits per heavy atom. The average molecular weight is 266 g/mol. The maximum atomic E-state index is 9.37. The predicted molar refractivity (Wildman–Crippen MR) is 79.4 cm³/mol. The van der Waals surface area contributed by atoms with Gasteiger partial charge >= 0.3 is 0 Å². The van der Waals surface area contributed by atoms with Gasteiger partial charge in [0.15, 0.2) is 0 Å². The summed E-state index contributed by atoms with van der Waals surface area (Å²) in [5.41, 5.74) is 3.73. The van der Waals surface area contributed by atoms with E-state index >= 15 is 0 Å². The Bertz CT molecular complexity index is 629. The van der Waals surface area contributed by atoms with Crippen molar-refractivity contribution in [3.8, 4) is 6.07 Å². The molecule has 0 aliphatic rings. The van der Waals surface area contributed by atoms with E-state index < -0.39 is 0 Å². The van der Waals surface area contributed by atoms with Gasteiger partial charge in [0.1, 0.15) is 11.9 Å². The van der Waals surface area contributed by atoms with Crippen LogP contribution in [0, 0.1) is 25.2 Å². The van der Waals surface area contributed by atoms with Crippen LogP contribution in [-0.4, -0.2) is 16.5 Å². The molecule has 0 atom stereocenters. The molecule has 0 bridgehead atoms. The first-order valence-corrected chi connectivity index (χ1v) is 6.68. The molecule has 0 unspecified atom stereocenters. The molecule has 0 amide bonds. The molecule has 0 spiro atoms. The van der Waals surface area contributed by atoms with Crippen LogP contribution in [0.2, 0.25) is 0 Å². The van der Waals surface area contributed by atoms with E-state index in [2.05, 4.69) is 27.9 Å². The zero-order chi connectivity index (χ0) is 14.5. The van der Waals surface area contributed by atoms with Crippen LogP contribution in [0.15, 0.2) is 30.6 Å². The number of nitriles is 1. The molecule has 0 fully saturated rings. The van der Waals surface area contributed by atoms with Gasteiger partial charge in [0, 0.05) is 31.2 Å². The Morgan fingerprint density at radius 2 is 1.95 bits per heavy atom.